The predicted octanol–water partition coefficient (Wildman–Crippen LogP) is 3.13. The van der Waals surface area contributed by atoms with E-state index in [2.05, 4.69) is 29.1 Å². The maximum absolute atomic E-state index is 4.19. The van der Waals surface area contributed by atoms with E-state index in [0.717, 1.165) is 17.3 Å². The van der Waals surface area contributed by atoms with Crippen molar-refractivity contribution in [2.75, 3.05) is 12.3 Å². The Kier molecular flexibility index (Phi) is 8.01. The molecule has 4 heteroatoms. The van der Waals surface area contributed by atoms with Gasteiger partial charge < -0.3 is 5.32 Å². The molecule has 0 bridgehead atoms. The molecule has 0 saturated carbocycles. The minimum absolute atomic E-state index is 0.652. The Labute approximate surface area is 109 Å². The van der Waals surface area contributed by atoms with Crippen molar-refractivity contribution >= 4 is 11.8 Å². The molecule has 1 aromatic rings. The van der Waals surface area contributed by atoms with Crippen LogP contribution in [0.5, 0.6) is 0 Å². The second-order valence-electron chi connectivity index (χ2n) is 4.25. The summed E-state index contributed by atoms with van der Waals surface area (Å²) < 4.78 is 0. The van der Waals surface area contributed by atoms with E-state index in [1.54, 1.807) is 12.5 Å². The first-order valence-electron chi connectivity index (χ1n) is 6.45. The van der Waals surface area contributed by atoms with Crippen molar-refractivity contribution in [2.45, 2.75) is 50.6 Å². The van der Waals surface area contributed by atoms with Gasteiger partial charge >= 0.3 is 0 Å². The van der Waals surface area contributed by atoms with E-state index in [0.29, 0.717) is 6.04 Å². The largest absolute Gasteiger partial charge is 0.314 e. The summed E-state index contributed by atoms with van der Waals surface area (Å²) >= 11 is 1.82. The molecular formula is C13H23N3S. The van der Waals surface area contributed by atoms with Crippen molar-refractivity contribution in [1.29, 1.82) is 0 Å². The van der Waals surface area contributed by atoms with E-state index in [-0.39, 0.29) is 0 Å². The van der Waals surface area contributed by atoms with Gasteiger partial charge in [-0.15, -0.1) is 11.8 Å². The Morgan fingerprint density at radius 1 is 1.41 bits per heavy atom. The smallest absolute Gasteiger partial charge is 0.116 e. The van der Waals surface area contributed by atoms with Gasteiger partial charge in [-0.3, -0.25) is 0 Å². The first-order valence-corrected chi connectivity index (χ1v) is 7.43. The molecule has 0 aliphatic heterocycles. The second-order valence-corrected chi connectivity index (χ2v) is 5.36. The Morgan fingerprint density at radius 3 is 3.00 bits per heavy atom. The summed E-state index contributed by atoms with van der Waals surface area (Å²) in [6.07, 6.45) is 8.44. The summed E-state index contributed by atoms with van der Waals surface area (Å²) in [5.41, 5.74) is 0. The number of aromatic nitrogens is 2. The van der Waals surface area contributed by atoms with Gasteiger partial charge in [-0.2, -0.15) is 0 Å². The minimum Gasteiger partial charge on any atom is -0.314 e. The second kappa shape index (κ2) is 9.42. The van der Waals surface area contributed by atoms with E-state index < -0.39 is 0 Å². The van der Waals surface area contributed by atoms with Gasteiger partial charge in [0.15, 0.2) is 0 Å². The van der Waals surface area contributed by atoms with Crippen molar-refractivity contribution in [3.8, 4) is 0 Å². The van der Waals surface area contributed by atoms with Crippen LogP contribution in [0.4, 0.5) is 0 Å². The Morgan fingerprint density at radius 2 is 2.29 bits per heavy atom. The van der Waals surface area contributed by atoms with E-state index >= 15 is 0 Å². The highest BCUT2D eigenvalue weighted by Gasteiger charge is 2.00. The lowest BCUT2D eigenvalue weighted by Crippen LogP contribution is -2.26. The van der Waals surface area contributed by atoms with Gasteiger partial charge in [0.05, 0.1) is 5.03 Å². The fourth-order valence-corrected chi connectivity index (χ4v) is 2.42. The average Bonchev–Trinajstić information content (AvgIpc) is 2.37. The standard InChI is InChI=1S/C13H23N3S/c1-3-8-15-12(2)6-4-5-10-17-13-7-9-14-11-16-13/h7,9,11-12,15H,3-6,8,10H2,1-2H3. The minimum atomic E-state index is 0.652. The molecule has 1 N–H and O–H groups in total. The summed E-state index contributed by atoms with van der Waals surface area (Å²) in [5.74, 6) is 1.15. The molecule has 17 heavy (non-hydrogen) atoms. The summed E-state index contributed by atoms with van der Waals surface area (Å²) in [4.78, 5) is 8.10. The molecule has 0 amide bonds. The Hall–Kier alpha value is -0.610. The van der Waals surface area contributed by atoms with Gasteiger partial charge in [0.25, 0.3) is 0 Å². The number of rotatable bonds is 9. The number of unbranched alkanes of at least 4 members (excludes halogenated alkanes) is 1. The van der Waals surface area contributed by atoms with Crippen molar-refractivity contribution in [3.05, 3.63) is 18.6 Å². The number of nitrogens with zero attached hydrogens (tertiary/aromatic N) is 2. The lowest BCUT2D eigenvalue weighted by Gasteiger charge is -2.12. The molecule has 0 radical (unpaired) electrons. The molecule has 96 valence electrons. The third-order valence-electron chi connectivity index (χ3n) is 2.58. The van der Waals surface area contributed by atoms with E-state index in [9.17, 15) is 0 Å². The van der Waals surface area contributed by atoms with Crippen molar-refractivity contribution in [3.63, 3.8) is 0 Å². The van der Waals surface area contributed by atoms with Crippen LogP contribution in [0.25, 0.3) is 0 Å². The van der Waals surface area contributed by atoms with E-state index in [1.807, 2.05) is 17.8 Å². The van der Waals surface area contributed by atoms with Crippen LogP contribution in [-0.4, -0.2) is 28.3 Å². The maximum atomic E-state index is 4.19. The van der Waals surface area contributed by atoms with Crippen LogP contribution in [0.1, 0.15) is 39.5 Å². The first kappa shape index (κ1) is 14.5. The van der Waals surface area contributed by atoms with Gasteiger partial charge in [0.1, 0.15) is 6.33 Å². The molecule has 0 fully saturated rings. The highest BCUT2D eigenvalue weighted by molar-refractivity contribution is 7.99. The van der Waals surface area contributed by atoms with Crippen LogP contribution in [0, 0.1) is 0 Å². The average molecular weight is 253 g/mol. The normalized spacial score (nSPS) is 12.6. The number of nitrogens with one attached hydrogen (secondary N) is 1. The van der Waals surface area contributed by atoms with Gasteiger partial charge in [0.2, 0.25) is 0 Å². The fraction of sp³-hybridized carbons (Fsp3) is 0.692. The van der Waals surface area contributed by atoms with E-state index in [1.165, 1.54) is 25.7 Å². The maximum Gasteiger partial charge on any atom is 0.116 e. The summed E-state index contributed by atoms with van der Waals surface area (Å²) in [5, 5.41) is 4.59. The zero-order valence-electron chi connectivity index (χ0n) is 10.9. The Balaban J connectivity index is 1.97. The van der Waals surface area contributed by atoms with Crippen LogP contribution < -0.4 is 5.32 Å². The van der Waals surface area contributed by atoms with Crippen LogP contribution >= 0.6 is 11.8 Å². The molecule has 1 aromatic heterocycles. The number of hydrogen-bond acceptors (Lipinski definition) is 4. The highest BCUT2D eigenvalue weighted by Crippen LogP contribution is 2.16. The molecule has 1 heterocycles. The van der Waals surface area contributed by atoms with Crippen molar-refractivity contribution in [2.24, 2.45) is 0 Å². The van der Waals surface area contributed by atoms with Gasteiger partial charge in [0, 0.05) is 12.2 Å². The molecule has 0 aliphatic rings. The molecule has 1 atom stereocenters. The summed E-state index contributed by atoms with van der Waals surface area (Å²) in [6.45, 7) is 5.61. The van der Waals surface area contributed by atoms with Crippen molar-refractivity contribution in [1.82, 2.24) is 15.3 Å². The predicted molar refractivity (Wildman–Crippen MR) is 74.4 cm³/mol. The molecule has 1 rings (SSSR count). The molecular weight excluding hydrogens is 230 g/mol. The zero-order valence-corrected chi connectivity index (χ0v) is 11.7. The summed E-state index contributed by atoms with van der Waals surface area (Å²) in [7, 11) is 0. The summed E-state index contributed by atoms with van der Waals surface area (Å²) in [6, 6.07) is 2.62. The highest BCUT2D eigenvalue weighted by atomic mass is 32.2. The molecule has 0 aliphatic carbocycles. The zero-order chi connectivity index (χ0) is 12.3. The SMILES string of the molecule is CCCNC(C)CCCCSc1ccncn1. The number of thioether (sulfide) groups is 1. The van der Waals surface area contributed by atoms with Gasteiger partial charge in [-0.25, -0.2) is 9.97 Å². The monoisotopic (exact) mass is 253 g/mol. The Bertz CT molecular complexity index is 279. The van der Waals surface area contributed by atoms with Crippen molar-refractivity contribution < 1.29 is 0 Å². The fourth-order valence-electron chi connectivity index (χ4n) is 1.59. The molecule has 0 spiro atoms. The molecule has 1 unspecified atom stereocenters. The molecule has 0 saturated heterocycles. The third-order valence-corrected chi connectivity index (χ3v) is 3.61. The third kappa shape index (κ3) is 7.34. The molecule has 0 aromatic carbocycles. The van der Waals surface area contributed by atoms with Crippen LogP contribution in [0.2, 0.25) is 0 Å². The number of hydrogen-bond donors (Lipinski definition) is 1. The van der Waals surface area contributed by atoms with Gasteiger partial charge in [-0.1, -0.05) is 13.3 Å². The van der Waals surface area contributed by atoms with Crippen LogP contribution in [0.3, 0.4) is 0 Å². The van der Waals surface area contributed by atoms with Gasteiger partial charge in [-0.05, 0) is 44.6 Å². The lowest BCUT2D eigenvalue weighted by atomic mass is 10.1. The van der Waals surface area contributed by atoms with E-state index in [4.69, 9.17) is 0 Å². The lowest BCUT2D eigenvalue weighted by molar-refractivity contribution is 0.496. The topological polar surface area (TPSA) is 37.8 Å². The molecule has 3 nitrogen and oxygen atoms in total. The quantitative estimate of drug-likeness (QED) is 0.417. The van der Waals surface area contributed by atoms with Crippen LogP contribution in [0.15, 0.2) is 23.6 Å². The first-order chi connectivity index (χ1) is 8.33. The van der Waals surface area contributed by atoms with Crippen LogP contribution in [-0.2, 0) is 0 Å².